The van der Waals surface area contributed by atoms with Gasteiger partial charge in [-0.1, -0.05) is 30.4 Å². The molecule has 1 N–H and O–H groups in total. The maximum absolute atomic E-state index is 13.6. The SMILES string of the molecule is CCS(=O)(=O)c1ccc(C(Oc2ccc(/C=N/C)cc2C)C(=O)Nc2nc3cc(OC)c(OC)cc3s2)cc1. The van der Waals surface area contributed by atoms with Crippen LogP contribution >= 0.6 is 11.3 Å². The summed E-state index contributed by atoms with van der Waals surface area (Å²) in [5, 5.41) is 3.23. The highest BCUT2D eigenvalue weighted by Gasteiger charge is 2.26. The molecule has 0 bridgehead atoms. The van der Waals surface area contributed by atoms with E-state index in [9.17, 15) is 13.2 Å². The zero-order valence-electron chi connectivity index (χ0n) is 22.2. The average molecular weight is 568 g/mol. The third-order valence-corrected chi connectivity index (χ3v) is 8.69. The molecule has 39 heavy (non-hydrogen) atoms. The van der Waals surface area contributed by atoms with Crippen LogP contribution in [0, 0.1) is 6.92 Å². The zero-order valence-corrected chi connectivity index (χ0v) is 23.9. The van der Waals surface area contributed by atoms with Gasteiger partial charge in [-0.2, -0.15) is 0 Å². The molecule has 0 saturated carbocycles. The van der Waals surface area contributed by atoms with Crippen molar-refractivity contribution in [3.63, 3.8) is 0 Å². The lowest BCUT2D eigenvalue weighted by atomic mass is 10.1. The van der Waals surface area contributed by atoms with Gasteiger partial charge in [0, 0.05) is 31.0 Å². The topological polar surface area (TPSA) is 116 Å². The molecule has 0 fully saturated rings. The Morgan fingerprint density at radius 2 is 1.74 bits per heavy atom. The van der Waals surface area contributed by atoms with E-state index >= 15 is 0 Å². The number of carbonyl (C=O) groups excluding carboxylic acids is 1. The van der Waals surface area contributed by atoms with E-state index in [-0.39, 0.29) is 10.6 Å². The minimum atomic E-state index is -3.39. The normalized spacial score (nSPS) is 12.4. The summed E-state index contributed by atoms with van der Waals surface area (Å²) < 4.78 is 42.4. The molecule has 4 rings (SSSR count). The Balaban J connectivity index is 1.68. The highest BCUT2D eigenvalue weighted by molar-refractivity contribution is 7.91. The molecule has 0 aliphatic carbocycles. The fourth-order valence-electron chi connectivity index (χ4n) is 3.93. The van der Waals surface area contributed by atoms with E-state index in [0.717, 1.165) is 15.8 Å². The van der Waals surface area contributed by atoms with Crippen LogP contribution in [-0.2, 0) is 14.6 Å². The number of aromatic nitrogens is 1. The molecule has 3 aromatic carbocycles. The van der Waals surface area contributed by atoms with Crippen LogP contribution in [0.15, 0.2) is 64.5 Å². The predicted octanol–water partition coefficient (Wildman–Crippen LogP) is 5.22. The van der Waals surface area contributed by atoms with Crippen LogP contribution in [-0.4, -0.2) is 52.5 Å². The van der Waals surface area contributed by atoms with Crippen molar-refractivity contribution in [2.24, 2.45) is 4.99 Å². The van der Waals surface area contributed by atoms with Gasteiger partial charge >= 0.3 is 0 Å². The largest absolute Gasteiger partial charge is 0.493 e. The number of hydrogen-bond donors (Lipinski definition) is 1. The Hall–Kier alpha value is -3.96. The summed E-state index contributed by atoms with van der Waals surface area (Å²) >= 11 is 1.28. The number of sulfone groups is 1. The summed E-state index contributed by atoms with van der Waals surface area (Å²) in [6.45, 7) is 3.46. The standard InChI is InChI=1S/C28H29N3O6S2/c1-6-39(33,34)20-10-8-19(9-11-20)26(37-22-12-7-18(16-29-3)13-17(22)2)27(32)31-28-30-21-14-23(35-4)24(36-5)15-25(21)38-28/h7-16,26H,6H2,1-5H3,(H,30,31,32)/b29-16+. The highest BCUT2D eigenvalue weighted by atomic mass is 32.2. The van der Waals surface area contributed by atoms with Crippen LogP contribution in [0.3, 0.4) is 0 Å². The minimum absolute atomic E-state index is 0.0213. The van der Waals surface area contributed by atoms with Crippen LogP contribution in [0.5, 0.6) is 17.2 Å². The number of ether oxygens (including phenoxy) is 3. The second-order valence-corrected chi connectivity index (χ2v) is 11.9. The van der Waals surface area contributed by atoms with E-state index < -0.39 is 21.8 Å². The number of carbonyl (C=O) groups is 1. The molecule has 0 saturated heterocycles. The molecule has 1 heterocycles. The number of aliphatic imine (C=N–C) groups is 1. The Kier molecular flexibility index (Phi) is 8.51. The molecule has 9 nitrogen and oxygen atoms in total. The van der Waals surface area contributed by atoms with E-state index in [0.29, 0.717) is 33.5 Å². The first-order chi connectivity index (χ1) is 18.7. The third kappa shape index (κ3) is 6.21. The molecular weight excluding hydrogens is 538 g/mol. The Morgan fingerprint density at radius 3 is 2.36 bits per heavy atom. The molecule has 0 aliphatic rings. The van der Waals surface area contributed by atoms with Gasteiger partial charge in [0.2, 0.25) is 6.10 Å². The van der Waals surface area contributed by atoms with Crippen molar-refractivity contribution in [2.75, 3.05) is 32.3 Å². The van der Waals surface area contributed by atoms with Gasteiger partial charge in [-0.05, 0) is 48.4 Å². The molecule has 1 amide bonds. The van der Waals surface area contributed by atoms with Gasteiger partial charge in [0.05, 0.1) is 35.1 Å². The molecule has 11 heteroatoms. The number of methoxy groups -OCH3 is 2. The van der Waals surface area contributed by atoms with Crippen LogP contribution in [0.25, 0.3) is 10.2 Å². The zero-order chi connectivity index (χ0) is 28.2. The molecular formula is C28H29N3O6S2. The Labute approximate surface area is 231 Å². The van der Waals surface area contributed by atoms with E-state index in [1.165, 1.54) is 23.5 Å². The van der Waals surface area contributed by atoms with Crippen LogP contribution in [0.2, 0.25) is 0 Å². The minimum Gasteiger partial charge on any atom is -0.493 e. The summed E-state index contributed by atoms with van der Waals surface area (Å²) in [7, 11) is 1.39. The first kappa shape index (κ1) is 28.1. The number of hydrogen-bond acceptors (Lipinski definition) is 9. The lowest BCUT2D eigenvalue weighted by molar-refractivity contribution is -0.123. The number of fused-ring (bicyclic) bond motifs is 1. The first-order valence-corrected chi connectivity index (χ1v) is 14.5. The second kappa shape index (κ2) is 11.8. The molecule has 204 valence electrons. The summed E-state index contributed by atoms with van der Waals surface area (Å²) in [4.78, 5) is 22.3. The Bertz CT molecular complexity index is 1590. The van der Waals surface area contributed by atoms with Crippen molar-refractivity contribution >= 4 is 48.6 Å². The molecule has 1 aromatic heterocycles. The number of anilines is 1. The molecule has 0 spiro atoms. The van der Waals surface area contributed by atoms with Crippen molar-refractivity contribution in [1.82, 2.24) is 4.98 Å². The summed E-state index contributed by atoms with van der Waals surface area (Å²) in [5.41, 5.74) is 2.85. The quantitative estimate of drug-likeness (QED) is 0.261. The van der Waals surface area contributed by atoms with Gasteiger partial charge in [-0.25, -0.2) is 13.4 Å². The van der Waals surface area contributed by atoms with Gasteiger partial charge in [0.1, 0.15) is 5.75 Å². The maximum Gasteiger partial charge on any atom is 0.271 e. The third-order valence-electron chi connectivity index (χ3n) is 6.01. The predicted molar refractivity (Wildman–Crippen MR) is 154 cm³/mol. The summed E-state index contributed by atoms with van der Waals surface area (Å²) in [6.07, 6.45) is 0.647. The molecule has 4 aromatic rings. The molecule has 1 unspecified atom stereocenters. The second-order valence-electron chi connectivity index (χ2n) is 8.57. The maximum atomic E-state index is 13.6. The van der Waals surface area contributed by atoms with Crippen molar-refractivity contribution in [3.05, 3.63) is 71.3 Å². The van der Waals surface area contributed by atoms with Crippen molar-refractivity contribution in [3.8, 4) is 17.2 Å². The lowest BCUT2D eigenvalue weighted by Crippen LogP contribution is -2.26. The van der Waals surface area contributed by atoms with E-state index in [2.05, 4.69) is 15.3 Å². The van der Waals surface area contributed by atoms with E-state index in [1.807, 2.05) is 19.1 Å². The summed E-state index contributed by atoms with van der Waals surface area (Å²) in [5.74, 6) is 1.11. The van der Waals surface area contributed by atoms with Gasteiger partial charge in [-0.3, -0.25) is 15.1 Å². The number of benzene rings is 3. The highest BCUT2D eigenvalue weighted by Crippen LogP contribution is 2.37. The number of amides is 1. The van der Waals surface area contributed by atoms with Gasteiger partial charge in [0.15, 0.2) is 26.5 Å². The lowest BCUT2D eigenvalue weighted by Gasteiger charge is -2.20. The fraction of sp³-hybridized carbons (Fsp3) is 0.250. The van der Waals surface area contributed by atoms with Crippen LogP contribution in [0.4, 0.5) is 5.13 Å². The molecule has 0 aliphatic heterocycles. The fourth-order valence-corrected chi connectivity index (χ4v) is 5.69. The van der Waals surface area contributed by atoms with Crippen LogP contribution < -0.4 is 19.5 Å². The first-order valence-electron chi connectivity index (χ1n) is 12.0. The average Bonchev–Trinajstić information content (AvgIpc) is 3.32. The number of aryl methyl sites for hydroxylation is 1. The van der Waals surface area contributed by atoms with Gasteiger partial charge in [-0.15, -0.1) is 0 Å². The Morgan fingerprint density at radius 1 is 1.05 bits per heavy atom. The van der Waals surface area contributed by atoms with Gasteiger partial charge < -0.3 is 14.2 Å². The number of nitrogens with zero attached hydrogens (tertiary/aromatic N) is 2. The number of thiazole rings is 1. The molecule has 1 atom stereocenters. The van der Waals surface area contributed by atoms with Crippen LogP contribution in [0.1, 0.15) is 29.7 Å². The monoisotopic (exact) mass is 567 g/mol. The van der Waals surface area contributed by atoms with Gasteiger partial charge in [0.25, 0.3) is 5.91 Å². The molecule has 0 radical (unpaired) electrons. The van der Waals surface area contributed by atoms with E-state index in [1.54, 1.807) is 64.7 Å². The van der Waals surface area contributed by atoms with Crippen molar-refractivity contribution in [2.45, 2.75) is 24.8 Å². The number of nitrogens with one attached hydrogen (secondary N) is 1. The summed E-state index contributed by atoms with van der Waals surface area (Å²) in [6, 6.07) is 15.2. The van der Waals surface area contributed by atoms with Crippen molar-refractivity contribution in [1.29, 1.82) is 0 Å². The number of rotatable bonds is 10. The van der Waals surface area contributed by atoms with E-state index in [4.69, 9.17) is 14.2 Å². The van der Waals surface area contributed by atoms with Crippen molar-refractivity contribution < 1.29 is 27.4 Å². The smallest absolute Gasteiger partial charge is 0.271 e.